The number of nitrogens with zero attached hydrogens (tertiary/aromatic N) is 2. The highest BCUT2D eigenvalue weighted by atomic mass is 19.1. The summed E-state index contributed by atoms with van der Waals surface area (Å²) in [4.78, 5) is 33.2. The number of likely N-dealkylation sites (N-methyl/N-ethyl adjacent to an activating group) is 1. The highest BCUT2D eigenvalue weighted by Gasteiger charge is 2.20. The van der Waals surface area contributed by atoms with E-state index in [4.69, 9.17) is 5.11 Å². The van der Waals surface area contributed by atoms with Gasteiger partial charge in [0.25, 0.3) is 11.6 Å². The SMILES string of the molecule is CCN(CC(=O)O)C(=O)c1cc(F)cc([N+](=O)[O-])c1. The summed E-state index contributed by atoms with van der Waals surface area (Å²) >= 11 is 0. The largest absolute Gasteiger partial charge is 0.480 e. The zero-order valence-electron chi connectivity index (χ0n) is 10.00. The van der Waals surface area contributed by atoms with Gasteiger partial charge in [0.2, 0.25) is 0 Å². The maximum Gasteiger partial charge on any atom is 0.323 e. The molecule has 0 aromatic heterocycles. The Kier molecular flexibility index (Phi) is 4.51. The lowest BCUT2D eigenvalue weighted by Gasteiger charge is -2.18. The van der Waals surface area contributed by atoms with Crippen LogP contribution in [0.15, 0.2) is 18.2 Å². The fraction of sp³-hybridized carbons (Fsp3) is 0.273. The molecular formula is C11H11FN2O5. The van der Waals surface area contributed by atoms with Gasteiger partial charge in [0.15, 0.2) is 0 Å². The second-order valence-corrected chi connectivity index (χ2v) is 3.67. The molecule has 1 aromatic rings. The van der Waals surface area contributed by atoms with Crippen LogP contribution in [0.1, 0.15) is 17.3 Å². The molecule has 0 unspecified atom stereocenters. The van der Waals surface area contributed by atoms with E-state index in [0.29, 0.717) is 6.07 Å². The van der Waals surface area contributed by atoms with Gasteiger partial charge in [-0.25, -0.2) is 4.39 Å². The Labute approximate surface area is 107 Å². The molecule has 19 heavy (non-hydrogen) atoms. The molecule has 0 aliphatic rings. The van der Waals surface area contributed by atoms with Crippen molar-refractivity contribution in [3.05, 3.63) is 39.7 Å². The number of carboxylic acid groups (broad SMARTS) is 1. The first kappa shape index (κ1) is 14.6. The standard InChI is InChI=1S/C11H11FN2O5/c1-2-13(6-10(15)16)11(17)7-3-8(12)5-9(4-7)14(18)19/h3-5H,2,6H2,1H3,(H,15,16). The third kappa shape index (κ3) is 3.73. The number of halogens is 1. The maximum atomic E-state index is 13.2. The van der Waals surface area contributed by atoms with Gasteiger partial charge in [0.05, 0.1) is 11.0 Å². The van der Waals surface area contributed by atoms with Crippen molar-refractivity contribution in [2.75, 3.05) is 13.1 Å². The molecule has 0 fully saturated rings. The Morgan fingerprint density at radius 3 is 2.53 bits per heavy atom. The zero-order valence-corrected chi connectivity index (χ0v) is 10.00. The highest BCUT2D eigenvalue weighted by Crippen LogP contribution is 2.17. The number of aliphatic carboxylic acids is 1. The molecule has 1 amide bonds. The first-order chi connectivity index (χ1) is 8.85. The summed E-state index contributed by atoms with van der Waals surface area (Å²) in [6, 6.07) is 2.43. The number of non-ortho nitro benzene ring substituents is 1. The molecule has 8 heteroatoms. The molecule has 0 saturated heterocycles. The lowest BCUT2D eigenvalue weighted by Crippen LogP contribution is -2.35. The van der Waals surface area contributed by atoms with Crippen LogP contribution in [0.5, 0.6) is 0 Å². The fourth-order valence-corrected chi connectivity index (χ4v) is 1.48. The van der Waals surface area contributed by atoms with Crippen LogP contribution in [-0.4, -0.2) is 39.9 Å². The summed E-state index contributed by atoms with van der Waals surface area (Å²) in [6.45, 7) is 1.09. The number of carbonyl (C=O) groups is 2. The minimum absolute atomic E-state index is 0.0927. The first-order valence-corrected chi connectivity index (χ1v) is 5.31. The van der Waals surface area contributed by atoms with Crippen molar-refractivity contribution < 1.29 is 24.0 Å². The van der Waals surface area contributed by atoms with Gasteiger partial charge in [-0.3, -0.25) is 19.7 Å². The first-order valence-electron chi connectivity index (χ1n) is 5.31. The van der Waals surface area contributed by atoms with Crippen molar-refractivity contribution in [3.63, 3.8) is 0 Å². The van der Waals surface area contributed by atoms with Crippen molar-refractivity contribution in [1.82, 2.24) is 4.90 Å². The van der Waals surface area contributed by atoms with Gasteiger partial charge in [-0.2, -0.15) is 0 Å². The van der Waals surface area contributed by atoms with Gasteiger partial charge in [-0.05, 0) is 13.0 Å². The van der Waals surface area contributed by atoms with Crippen LogP contribution in [0.25, 0.3) is 0 Å². The Bertz CT molecular complexity index is 532. The van der Waals surface area contributed by atoms with Crippen LogP contribution < -0.4 is 0 Å². The minimum Gasteiger partial charge on any atom is -0.480 e. The van der Waals surface area contributed by atoms with Gasteiger partial charge in [0, 0.05) is 18.2 Å². The second-order valence-electron chi connectivity index (χ2n) is 3.67. The van der Waals surface area contributed by atoms with E-state index in [0.717, 1.165) is 17.0 Å². The molecule has 1 N–H and O–H groups in total. The molecule has 0 spiro atoms. The van der Waals surface area contributed by atoms with E-state index >= 15 is 0 Å². The van der Waals surface area contributed by atoms with Crippen LogP contribution in [0, 0.1) is 15.9 Å². The van der Waals surface area contributed by atoms with Crippen LogP contribution >= 0.6 is 0 Å². The predicted molar refractivity (Wildman–Crippen MR) is 62.3 cm³/mol. The molecule has 1 aromatic carbocycles. The van der Waals surface area contributed by atoms with Gasteiger partial charge < -0.3 is 10.0 Å². The topological polar surface area (TPSA) is 101 Å². The summed E-state index contributed by atoms with van der Waals surface area (Å²) in [7, 11) is 0. The molecule has 102 valence electrons. The molecular weight excluding hydrogens is 259 g/mol. The summed E-state index contributed by atoms with van der Waals surface area (Å²) in [5.41, 5.74) is -0.815. The molecule has 7 nitrogen and oxygen atoms in total. The van der Waals surface area contributed by atoms with Crippen LogP contribution in [0.2, 0.25) is 0 Å². The number of rotatable bonds is 5. The van der Waals surface area contributed by atoms with E-state index in [1.807, 2.05) is 0 Å². The Morgan fingerprint density at radius 1 is 1.42 bits per heavy atom. The highest BCUT2D eigenvalue weighted by molar-refractivity contribution is 5.96. The number of amides is 1. The van der Waals surface area contributed by atoms with Crippen molar-refractivity contribution >= 4 is 17.6 Å². The molecule has 0 aliphatic heterocycles. The van der Waals surface area contributed by atoms with Crippen molar-refractivity contribution in [2.24, 2.45) is 0 Å². The van der Waals surface area contributed by atoms with Crippen LogP contribution in [-0.2, 0) is 4.79 Å². The number of hydrogen-bond donors (Lipinski definition) is 1. The Balaban J connectivity index is 3.10. The quantitative estimate of drug-likeness (QED) is 0.641. The van der Waals surface area contributed by atoms with E-state index in [1.54, 1.807) is 6.92 Å². The van der Waals surface area contributed by atoms with Gasteiger partial charge in [-0.1, -0.05) is 0 Å². The number of nitro groups is 1. The van der Waals surface area contributed by atoms with E-state index in [1.165, 1.54) is 0 Å². The predicted octanol–water partition coefficient (Wildman–Crippen LogP) is 1.28. The molecule has 0 bridgehead atoms. The van der Waals surface area contributed by atoms with Gasteiger partial charge >= 0.3 is 5.97 Å². The lowest BCUT2D eigenvalue weighted by atomic mass is 10.1. The van der Waals surface area contributed by atoms with Gasteiger partial charge in [0.1, 0.15) is 12.4 Å². The third-order valence-corrected chi connectivity index (χ3v) is 2.34. The smallest absolute Gasteiger partial charge is 0.323 e. The summed E-state index contributed by atoms with van der Waals surface area (Å²) in [6.07, 6.45) is 0. The second kappa shape index (κ2) is 5.89. The summed E-state index contributed by atoms with van der Waals surface area (Å²) < 4.78 is 13.2. The number of benzene rings is 1. The number of carbonyl (C=O) groups excluding carboxylic acids is 1. The lowest BCUT2D eigenvalue weighted by molar-refractivity contribution is -0.385. The van der Waals surface area contributed by atoms with Crippen LogP contribution in [0.3, 0.4) is 0 Å². The number of carboxylic acids is 1. The molecule has 1 rings (SSSR count). The Morgan fingerprint density at radius 2 is 2.05 bits per heavy atom. The van der Waals surface area contributed by atoms with Crippen molar-refractivity contribution in [2.45, 2.75) is 6.92 Å². The molecule has 0 atom stereocenters. The van der Waals surface area contributed by atoms with Crippen molar-refractivity contribution in [3.8, 4) is 0 Å². The Hall–Kier alpha value is -2.51. The van der Waals surface area contributed by atoms with E-state index in [9.17, 15) is 24.1 Å². The minimum atomic E-state index is -1.22. The summed E-state index contributed by atoms with van der Waals surface area (Å²) in [5, 5.41) is 19.2. The molecule has 0 radical (unpaired) electrons. The average Bonchev–Trinajstić information content (AvgIpc) is 2.34. The van der Waals surface area contributed by atoms with Crippen molar-refractivity contribution in [1.29, 1.82) is 0 Å². The molecule has 0 aliphatic carbocycles. The zero-order chi connectivity index (χ0) is 14.6. The van der Waals surface area contributed by atoms with E-state index < -0.39 is 34.8 Å². The maximum absolute atomic E-state index is 13.2. The van der Waals surface area contributed by atoms with Crippen LogP contribution in [0.4, 0.5) is 10.1 Å². The van der Waals surface area contributed by atoms with Gasteiger partial charge in [-0.15, -0.1) is 0 Å². The monoisotopic (exact) mass is 270 g/mol. The normalized spacial score (nSPS) is 10.0. The summed E-state index contributed by atoms with van der Waals surface area (Å²) in [5.74, 6) is -2.92. The number of hydrogen-bond acceptors (Lipinski definition) is 4. The fourth-order valence-electron chi connectivity index (χ4n) is 1.48. The third-order valence-electron chi connectivity index (χ3n) is 2.34. The molecule has 0 saturated carbocycles. The number of nitro benzene ring substituents is 1. The molecule has 0 heterocycles. The van der Waals surface area contributed by atoms with E-state index in [-0.39, 0.29) is 12.1 Å². The van der Waals surface area contributed by atoms with E-state index in [2.05, 4.69) is 0 Å². The average molecular weight is 270 g/mol.